The number of esters is 1. The van der Waals surface area contributed by atoms with Crippen molar-refractivity contribution < 1.29 is 28.9 Å². The molecule has 0 aromatic carbocycles. The molecule has 2 spiro atoms. The van der Waals surface area contributed by atoms with Gasteiger partial charge in [-0.15, -0.1) is 0 Å². The monoisotopic (exact) mass is 801 g/mol. The van der Waals surface area contributed by atoms with Gasteiger partial charge in [0, 0.05) is 32.0 Å². The van der Waals surface area contributed by atoms with E-state index in [0.29, 0.717) is 51.7 Å². The number of guanidine groups is 1. The van der Waals surface area contributed by atoms with Gasteiger partial charge in [0.2, 0.25) is 5.91 Å². The van der Waals surface area contributed by atoms with E-state index in [4.69, 9.17) is 30.7 Å². The van der Waals surface area contributed by atoms with Crippen molar-refractivity contribution in [2.24, 2.45) is 22.4 Å². The quantitative estimate of drug-likeness (QED) is 0.0438. The lowest BCUT2D eigenvalue weighted by Crippen LogP contribution is -2.71. The molecule has 12 heteroatoms. The third-order valence-electron chi connectivity index (χ3n) is 13.2. The molecule has 8 atom stereocenters. The summed E-state index contributed by atoms with van der Waals surface area (Å²) in [5.74, 6) is 0.440. The molecule has 0 aromatic heterocycles. The van der Waals surface area contributed by atoms with E-state index in [1.807, 2.05) is 0 Å². The molecule has 1 amide bonds. The summed E-state index contributed by atoms with van der Waals surface area (Å²) in [7, 11) is 0. The number of carbonyl (C=O) groups excluding carboxylic acids is 2. The van der Waals surface area contributed by atoms with Gasteiger partial charge < -0.3 is 45.9 Å². The van der Waals surface area contributed by atoms with Crippen LogP contribution in [0, 0.1) is 5.92 Å². The molecule has 5 aliphatic heterocycles. The Bertz CT molecular complexity index is 1280. The fraction of sp³-hybridized carbons (Fsp3) is 0.889. The van der Waals surface area contributed by atoms with Crippen molar-refractivity contribution in [2.75, 3.05) is 32.8 Å². The molecule has 6 N–H and O–H groups in total. The summed E-state index contributed by atoms with van der Waals surface area (Å²) in [5.41, 5.74) is 9.88. The van der Waals surface area contributed by atoms with Crippen molar-refractivity contribution >= 4 is 17.8 Å². The summed E-state index contributed by atoms with van der Waals surface area (Å²) in [4.78, 5) is 36.3. The highest BCUT2D eigenvalue weighted by Gasteiger charge is 2.62. The Kier molecular flexibility index (Phi) is 18.9. The smallest absolute Gasteiger partial charge is 0.316 e. The van der Waals surface area contributed by atoms with Crippen LogP contribution in [0.5, 0.6) is 0 Å². The second-order valence-electron chi connectivity index (χ2n) is 17.9. The molecule has 12 nitrogen and oxygen atoms in total. The second-order valence-corrected chi connectivity index (χ2v) is 17.9. The van der Waals surface area contributed by atoms with Crippen molar-refractivity contribution in [1.29, 1.82) is 0 Å². The van der Waals surface area contributed by atoms with Crippen LogP contribution in [0.25, 0.3) is 0 Å². The van der Waals surface area contributed by atoms with Gasteiger partial charge in [0.1, 0.15) is 11.6 Å². The summed E-state index contributed by atoms with van der Waals surface area (Å²) in [6.45, 7) is 6.68. The molecule has 0 bridgehead atoms. The summed E-state index contributed by atoms with van der Waals surface area (Å²) < 4.78 is 19.6. The average molecular weight is 801 g/mol. The molecule has 0 unspecified atom stereocenters. The van der Waals surface area contributed by atoms with Gasteiger partial charge in [-0.1, -0.05) is 89.7 Å². The topological polar surface area (TPSA) is 165 Å². The standard InChI is InChI=1S/C45H80N6O6/c1-3-38-22-16-17-27-44(57-38)33-36-24-25-39-41(45(28-19-21-35(2)56-45)49-43(48-44)51(36)39)42(54)55-32-18-14-12-10-8-6-4-5-7-9-11-13-15-23-40(53)50(31-20-29-46)34-37(52)26-30-47/h16,22,35-39,41,52H,3-15,17-21,23-34,46-47H2,1-2H3,(H,48,49)/t35-,36+,37+,38+,39+,41+,44+,45+/m1/s1. The highest BCUT2D eigenvalue weighted by Crippen LogP contribution is 2.50. The number of hydrogen-bond acceptors (Lipinski definition) is 11. The lowest BCUT2D eigenvalue weighted by Gasteiger charge is -2.55. The number of carbonyl (C=O) groups is 2. The maximum absolute atomic E-state index is 14.0. The van der Waals surface area contributed by atoms with Crippen LogP contribution in [0.15, 0.2) is 17.1 Å². The van der Waals surface area contributed by atoms with Crippen LogP contribution in [-0.4, -0.2) is 107 Å². The maximum atomic E-state index is 14.0. The van der Waals surface area contributed by atoms with Gasteiger partial charge >= 0.3 is 5.97 Å². The first-order valence-electron chi connectivity index (χ1n) is 23.4. The van der Waals surface area contributed by atoms with Crippen molar-refractivity contribution in [3.8, 4) is 0 Å². The van der Waals surface area contributed by atoms with Crippen molar-refractivity contribution in [3.05, 3.63) is 12.2 Å². The predicted octanol–water partition coefficient (Wildman–Crippen LogP) is 6.82. The van der Waals surface area contributed by atoms with E-state index < -0.39 is 23.5 Å². The zero-order valence-electron chi connectivity index (χ0n) is 35.8. The normalized spacial score (nSPS) is 29.8. The second kappa shape index (κ2) is 23.5. The highest BCUT2D eigenvalue weighted by molar-refractivity contribution is 5.87. The Morgan fingerprint density at radius 1 is 0.965 bits per heavy atom. The number of ether oxygens (including phenoxy) is 3. The van der Waals surface area contributed by atoms with E-state index >= 15 is 0 Å². The number of rotatable bonds is 25. The van der Waals surface area contributed by atoms with E-state index in [2.05, 4.69) is 36.2 Å². The van der Waals surface area contributed by atoms with Crippen LogP contribution in [0.1, 0.15) is 174 Å². The molecule has 3 fully saturated rings. The Labute approximate surface area is 344 Å². The molecule has 5 heterocycles. The van der Waals surface area contributed by atoms with Gasteiger partial charge in [-0.2, -0.15) is 0 Å². The van der Waals surface area contributed by atoms with Gasteiger partial charge in [0.15, 0.2) is 11.7 Å². The third-order valence-corrected chi connectivity index (χ3v) is 13.2. The molecular formula is C45H80N6O6. The van der Waals surface area contributed by atoms with Gasteiger partial charge in [0.05, 0.1) is 31.0 Å². The van der Waals surface area contributed by atoms with Gasteiger partial charge in [-0.3, -0.25) is 9.59 Å². The number of nitrogens with two attached hydrogens (primary N) is 2. The van der Waals surface area contributed by atoms with Crippen molar-refractivity contribution in [2.45, 2.75) is 216 Å². The number of amides is 1. The summed E-state index contributed by atoms with van der Waals surface area (Å²) in [6.07, 6.45) is 29.4. The number of nitrogens with zero attached hydrogens (tertiary/aromatic N) is 3. The van der Waals surface area contributed by atoms with Gasteiger partial charge in [-0.05, 0) is 97.1 Å². The van der Waals surface area contributed by atoms with Crippen LogP contribution in [0.3, 0.4) is 0 Å². The molecule has 5 aliphatic rings. The SMILES string of the molecule is CC[C@H]1C=CCC[C@@]2(C[C@@H]3CC[C@H]4[C@@H](C(=O)OCCCCCCCCCCCCCCCC(=O)N(CCCN)C[C@@H](O)CCN)[C@@]5(CCC[C@@H](C)O5)N=C(N2)N34)O1. The molecule has 3 saturated heterocycles. The number of allylic oxidation sites excluding steroid dienone is 1. The number of unbranched alkanes of at least 4 members (excludes halogenated alkanes) is 12. The van der Waals surface area contributed by atoms with Gasteiger partial charge in [0.25, 0.3) is 0 Å². The number of aliphatic hydroxyl groups is 1. The Morgan fingerprint density at radius 2 is 1.67 bits per heavy atom. The minimum absolute atomic E-state index is 0.0307. The lowest BCUT2D eigenvalue weighted by molar-refractivity contribution is -0.194. The molecule has 57 heavy (non-hydrogen) atoms. The van der Waals surface area contributed by atoms with Crippen LogP contribution in [0.2, 0.25) is 0 Å². The first-order valence-corrected chi connectivity index (χ1v) is 23.4. The Morgan fingerprint density at radius 3 is 2.33 bits per heavy atom. The first-order chi connectivity index (χ1) is 27.7. The van der Waals surface area contributed by atoms with Crippen LogP contribution in [0.4, 0.5) is 0 Å². The molecule has 0 radical (unpaired) electrons. The minimum atomic E-state index is -0.886. The third kappa shape index (κ3) is 13.1. The zero-order chi connectivity index (χ0) is 40.5. The maximum Gasteiger partial charge on any atom is 0.316 e. The molecule has 5 rings (SSSR count). The van der Waals surface area contributed by atoms with Crippen molar-refractivity contribution in [3.63, 3.8) is 0 Å². The Balaban J connectivity index is 0.943. The van der Waals surface area contributed by atoms with Crippen molar-refractivity contribution in [1.82, 2.24) is 15.1 Å². The highest BCUT2D eigenvalue weighted by atomic mass is 16.6. The van der Waals surface area contributed by atoms with Gasteiger partial charge in [-0.25, -0.2) is 4.99 Å². The molecule has 0 saturated carbocycles. The number of nitrogens with one attached hydrogen (secondary N) is 1. The van der Waals surface area contributed by atoms with Crippen LogP contribution >= 0.6 is 0 Å². The molecule has 326 valence electrons. The number of aliphatic hydroxyl groups excluding tert-OH is 1. The van der Waals surface area contributed by atoms with Crippen LogP contribution < -0.4 is 16.8 Å². The van der Waals surface area contributed by atoms with E-state index in [-0.39, 0.29) is 30.1 Å². The fourth-order valence-corrected chi connectivity index (χ4v) is 10.2. The summed E-state index contributed by atoms with van der Waals surface area (Å²) in [6, 6.07) is 0.328. The number of hydrogen-bond donors (Lipinski definition) is 4. The first kappa shape index (κ1) is 45.8. The largest absolute Gasteiger partial charge is 0.465 e. The van der Waals surface area contributed by atoms with E-state index in [9.17, 15) is 14.7 Å². The fourth-order valence-electron chi connectivity index (χ4n) is 10.2. The number of aliphatic imine (C=N–C) groups is 1. The predicted molar refractivity (Wildman–Crippen MR) is 226 cm³/mol. The zero-order valence-corrected chi connectivity index (χ0v) is 35.8. The Hall–Kier alpha value is -2.25. The average Bonchev–Trinajstić information content (AvgIpc) is 3.49. The summed E-state index contributed by atoms with van der Waals surface area (Å²) >= 11 is 0. The van der Waals surface area contributed by atoms with E-state index in [1.165, 1.54) is 57.8 Å². The molecule has 0 aliphatic carbocycles. The van der Waals surface area contributed by atoms with E-state index in [1.54, 1.807) is 4.90 Å². The van der Waals surface area contributed by atoms with Crippen LogP contribution in [-0.2, 0) is 23.8 Å². The molecule has 0 aromatic rings. The lowest BCUT2D eigenvalue weighted by atomic mass is 9.80. The minimum Gasteiger partial charge on any atom is -0.465 e. The van der Waals surface area contributed by atoms with E-state index in [0.717, 1.165) is 95.9 Å². The molecular weight excluding hydrogens is 721 g/mol. The summed E-state index contributed by atoms with van der Waals surface area (Å²) in [5, 5.41) is 13.9.